The van der Waals surface area contributed by atoms with Crippen molar-refractivity contribution in [1.82, 2.24) is 0 Å². The van der Waals surface area contributed by atoms with Gasteiger partial charge in [0.2, 0.25) is 0 Å². The summed E-state index contributed by atoms with van der Waals surface area (Å²) in [5.74, 6) is -0.193. The number of nitro groups is 1. The summed E-state index contributed by atoms with van der Waals surface area (Å²) < 4.78 is 5.42. The van der Waals surface area contributed by atoms with Gasteiger partial charge in [-0.15, -0.1) is 0 Å². The molecule has 1 heterocycles. The zero-order valence-electron chi connectivity index (χ0n) is 8.54. The normalized spacial score (nSPS) is 24.2. The number of nitro benzene ring substituents is 1. The van der Waals surface area contributed by atoms with Crippen molar-refractivity contribution in [1.29, 1.82) is 0 Å². The van der Waals surface area contributed by atoms with Crippen molar-refractivity contribution < 1.29 is 14.5 Å². The summed E-state index contributed by atoms with van der Waals surface area (Å²) >= 11 is 0. The quantitative estimate of drug-likeness (QED) is 0.444. The number of non-ortho nitro benzene ring substituents is 1. The fourth-order valence-corrected chi connectivity index (χ4v) is 1.90. The summed E-state index contributed by atoms with van der Waals surface area (Å²) in [5, 5.41) is 10.6. The predicted octanol–water partition coefficient (Wildman–Crippen LogP) is 1.87. The van der Waals surface area contributed by atoms with E-state index in [1.807, 2.05) is 0 Å². The summed E-state index contributed by atoms with van der Waals surface area (Å²) in [6.45, 7) is 0.525. The number of carbonyl (C=O) groups is 1. The maximum absolute atomic E-state index is 10.8. The summed E-state index contributed by atoms with van der Waals surface area (Å²) in [6.07, 6.45) is 1.20. The van der Waals surface area contributed by atoms with Gasteiger partial charge in [0.1, 0.15) is 6.29 Å². The molecule has 2 unspecified atom stereocenters. The van der Waals surface area contributed by atoms with Gasteiger partial charge in [0.15, 0.2) is 0 Å². The first-order valence-corrected chi connectivity index (χ1v) is 5.03. The maximum Gasteiger partial charge on any atom is 0.269 e. The minimum atomic E-state index is -0.450. The molecule has 1 aliphatic rings. The van der Waals surface area contributed by atoms with Crippen LogP contribution >= 0.6 is 0 Å². The van der Waals surface area contributed by atoms with Crippen molar-refractivity contribution in [2.45, 2.75) is 12.5 Å². The lowest BCUT2D eigenvalue weighted by Crippen LogP contribution is -2.08. The average Bonchev–Trinajstić information content (AvgIpc) is 2.77. The molecule has 0 saturated carbocycles. The molecule has 2 rings (SSSR count). The highest BCUT2D eigenvalue weighted by Crippen LogP contribution is 2.34. The Labute approximate surface area is 92.2 Å². The third-order valence-corrected chi connectivity index (χ3v) is 2.72. The van der Waals surface area contributed by atoms with Gasteiger partial charge in [-0.25, -0.2) is 0 Å². The van der Waals surface area contributed by atoms with Crippen LogP contribution in [-0.2, 0) is 9.53 Å². The third kappa shape index (κ3) is 1.94. The van der Waals surface area contributed by atoms with Crippen LogP contribution < -0.4 is 0 Å². The van der Waals surface area contributed by atoms with Crippen LogP contribution in [-0.4, -0.2) is 17.8 Å². The first-order chi connectivity index (χ1) is 7.72. The van der Waals surface area contributed by atoms with Crippen LogP contribution in [0.1, 0.15) is 18.1 Å². The molecule has 1 aromatic rings. The summed E-state index contributed by atoms with van der Waals surface area (Å²) in [6, 6.07) is 6.25. The molecule has 1 aliphatic heterocycles. The highest BCUT2D eigenvalue weighted by molar-refractivity contribution is 5.56. The molecule has 84 valence electrons. The second-order valence-electron chi connectivity index (χ2n) is 3.73. The lowest BCUT2D eigenvalue weighted by molar-refractivity contribution is -0.385. The molecular formula is C11H11NO4. The number of nitrogens with zero attached hydrogens (tertiary/aromatic N) is 1. The Morgan fingerprint density at radius 3 is 3.00 bits per heavy atom. The van der Waals surface area contributed by atoms with Crippen molar-refractivity contribution >= 4 is 12.0 Å². The molecule has 2 atom stereocenters. The lowest BCUT2D eigenvalue weighted by Gasteiger charge is -2.13. The monoisotopic (exact) mass is 221 g/mol. The Morgan fingerprint density at radius 1 is 1.50 bits per heavy atom. The number of rotatable bonds is 3. The largest absolute Gasteiger partial charge is 0.373 e. The van der Waals surface area contributed by atoms with E-state index in [1.165, 1.54) is 12.1 Å². The highest BCUT2D eigenvalue weighted by Gasteiger charge is 2.29. The van der Waals surface area contributed by atoms with Crippen LogP contribution in [0.3, 0.4) is 0 Å². The van der Waals surface area contributed by atoms with E-state index >= 15 is 0 Å². The Morgan fingerprint density at radius 2 is 2.31 bits per heavy atom. The number of aldehydes is 1. The van der Waals surface area contributed by atoms with E-state index in [0.717, 1.165) is 6.29 Å². The summed E-state index contributed by atoms with van der Waals surface area (Å²) in [5.41, 5.74) is 0.724. The van der Waals surface area contributed by atoms with Gasteiger partial charge in [-0.3, -0.25) is 10.1 Å². The van der Waals surface area contributed by atoms with Crippen LogP contribution in [0.2, 0.25) is 0 Å². The molecule has 0 aromatic heterocycles. The molecule has 5 nitrogen and oxygen atoms in total. The molecule has 0 N–H and O–H groups in total. The molecular weight excluding hydrogens is 210 g/mol. The number of hydrogen-bond acceptors (Lipinski definition) is 4. The standard InChI is InChI=1S/C11H11NO4/c13-7-9-4-5-16-11(9)8-2-1-3-10(6-8)12(14)15/h1-3,6-7,9,11H,4-5H2. The van der Waals surface area contributed by atoms with Crippen LogP contribution in [0.5, 0.6) is 0 Å². The van der Waals surface area contributed by atoms with Gasteiger partial charge >= 0.3 is 0 Å². The van der Waals surface area contributed by atoms with E-state index in [0.29, 0.717) is 18.6 Å². The van der Waals surface area contributed by atoms with Gasteiger partial charge in [-0.2, -0.15) is 0 Å². The van der Waals surface area contributed by atoms with E-state index in [1.54, 1.807) is 12.1 Å². The van der Waals surface area contributed by atoms with Crippen molar-refractivity contribution in [3.05, 3.63) is 39.9 Å². The number of hydrogen-bond donors (Lipinski definition) is 0. The van der Waals surface area contributed by atoms with Crippen molar-refractivity contribution in [3.8, 4) is 0 Å². The molecule has 1 saturated heterocycles. The second-order valence-corrected chi connectivity index (χ2v) is 3.73. The van der Waals surface area contributed by atoms with Crippen molar-refractivity contribution in [3.63, 3.8) is 0 Å². The first kappa shape index (κ1) is 10.8. The van der Waals surface area contributed by atoms with E-state index in [9.17, 15) is 14.9 Å². The average molecular weight is 221 g/mol. The van der Waals surface area contributed by atoms with Gasteiger partial charge < -0.3 is 9.53 Å². The fraction of sp³-hybridized carbons (Fsp3) is 0.364. The molecule has 0 amide bonds. The Balaban J connectivity index is 2.29. The van der Waals surface area contributed by atoms with E-state index in [-0.39, 0.29) is 17.7 Å². The van der Waals surface area contributed by atoms with E-state index in [4.69, 9.17) is 4.74 Å². The Hall–Kier alpha value is -1.75. The maximum atomic E-state index is 10.8. The smallest absolute Gasteiger partial charge is 0.269 e. The Kier molecular flexibility index (Phi) is 2.96. The molecule has 0 bridgehead atoms. The molecule has 5 heteroatoms. The van der Waals surface area contributed by atoms with Gasteiger partial charge in [-0.1, -0.05) is 12.1 Å². The fourth-order valence-electron chi connectivity index (χ4n) is 1.90. The summed E-state index contributed by atoms with van der Waals surface area (Å²) in [4.78, 5) is 21.0. The van der Waals surface area contributed by atoms with Crippen LogP contribution in [0.4, 0.5) is 5.69 Å². The first-order valence-electron chi connectivity index (χ1n) is 5.03. The van der Waals surface area contributed by atoms with Gasteiger partial charge in [0, 0.05) is 24.7 Å². The number of carbonyl (C=O) groups excluding carboxylic acids is 1. The predicted molar refractivity (Wildman–Crippen MR) is 56.0 cm³/mol. The van der Waals surface area contributed by atoms with E-state index in [2.05, 4.69) is 0 Å². The lowest BCUT2D eigenvalue weighted by atomic mass is 9.96. The zero-order chi connectivity index (χ0) is 11.5. The Bertz CT molecular complexity index is 418. The minimum Gasteiger partial charge on any atom is -0.373 e. The SMILES string of the molecule is O=CC1CCOC1c1cccc([N+](=O)[O-])c1. The van der Waals surface area contributed by atoms with Gasteiger partial charge in [0.05, 0.1) is 11.0 Å². The molecule has 16 heavy (non-hydrogen) atoms. The van der Waals surface area contributed by atoms with Crippen molar-refractivity contribution in [2.75, 3.05) is 6.61 Å². The van der Waals surface area contributed by atoms with Crippen LogP contribution in [0.25, 0.3) is 0 Å². The summed E-state index contributed by atoms with van der Waals surface area (Å²) in [7, 11) is 0. The van der Waals surface area contributed by atoms with Crippen LogP contribution in [0.15, 0.2) is 24.3 Å². The minimum absolute atomic E-state index is 0.0256. The molecule has 0 spiro atoms. The zero-order valence-corrected chi connectivity index (χ0v) is 8.54. The van der Waals surface area contributed by atoms with E-state index < -0.39 is 4.92 Å². The molecule has 1 fully saturated rings. The highest BCUT2D eigenvalue weighted by atomic mass is 16.6. The van der Waals surface area contributed by atoms with Crippen molar-refractivity contribution in [2.24, 2.45) is 5.92 Å². The third-order valence-electron chi connectivity index (χ3n) is 2.72. The topological polar surface area (TPSA) is 69.4 Å². The van der Waals surface area contributed by atoms with Gasteiger partial charge in [0.25, 0.3) is 5.69 Å². The number of benzene rings is 1. The van der Waals surface area contributed by atoms with Crippen LogP contribution in [0, 0.1) is 16.0 Å². The second kappa shape index (κ2) is 4.40. The molecule has 0 aliphatic carbocycles. The van der Waals surface area contributed by atoms with Gasteiger partial charge in [-0.05, 0) is 12.0 Å². The number of ether oxygens (including phenoxy) is 1. The molecule has 0 radical (unpaired) electrons. The molecule has 1 aromatic carbocycles.